The summed E-state index contributed by atoms with van der Waals surface area (Å²) < 4.78 is 1.04. The van der Waals surface area contributed by atoms with Gasteiger partial charge in [-0.05, 0) is 43.2 Å². The molecule has 0 saturated heterocycles. The van der Waals surface area contributed by atoms with E-state index in [1.807, 2.05) is 41.8 Å². The third kappa shape index (κ3) is 3.64. The van der Waals surface area contributed by atoms with E-state index in [1.54, 1.807) is 0 Å². The number of aromatic nitrogens is 1. The highest BCUT2D eigenvalue weighted by molar-refractivity contribution is 9.10. The van der Waals surface area contributed by atoms with Gasteiger partial charge in [0.25, 0.3) is 0 Å². The number of rotatable bonds is 3. The first kappa shape index (κ1) is 16.6. The van der Waals surface area contributed by atoms with E-state index in [1.165, 1.54) is 16.9 Å². The van der Waals surface area contributed by atoms with Crippen LogP contribution in [0.2, 0.25) is 0 Å². The lowest BCUT2D eigenvalue weighted by molar-refractivity contribution is 1.36. The zero-order chi connectivity index (χ0) is 17.1. The first-order valence-electron chi connectivity index (χ1n) is 7.48. The van der Waals surface area contributed by atoms with Crippen LogP contribution >= 0.6 is 27.3 Å². The average molecular weight is 395 g/mol. The largest absolute Gasteiger partial charge is 0.235 e. The Labute approximate surface area is 154 Å². The summed E-state index contributed by atoms with van der Waals surface area (Å²) in [4.78, 5) is 4.64. The molecule has 1 aromatic heterocycles. The Balaban J connectivity index is 1.96. The van der Waals surface area contributed by atoms with Crippen LogP contribution in [0, 0.1) is 25.2 Å². The summed E-state index contributed by atoms with van der Waals surface area (Å²) in [6.45, 7) is 4.12. The van der Waals surface area contributed by atoms with E-state index in [0.717, 1.165) is 31.9 Å². The number of nitriles is 1. The van der Waals surface area contributed by atoms with Crippen molar-refractivity contribution in [1.29, 1.82) is 5.26 Å². The molecule has 0 atom stereocenters. The minimum atomic E-state index is 0.593. The van der Waals surface area contributed by atoms with Gasteiger partial charge in [0.2, 0.25) is 0 Å². The predicted octanol–water partition coefficient (Wildman–Crippen LogP) is 6.25. The number of allylic oxidation sites excluding steroid dienone is 1. The van der Waals surface area contributed by atoms with E-state index in [2.05, 4.69) is 53.0 Å². The Morgan fingerprint density at radius 2 is 1.92 bits per heavy atom. The molecule has 0 aliphatic rings. The van der Waals surface area contributed by atoms with Crippen molar-refractivity contribution in [3.63, 3.8) is 0 Å². The third-order valence-corrected chi connectivity index (χ3v) is 5.12. The molecule has 0 unspecified atom stereocenters. The molecule has 0 spiro atoms. The van der Waals surface area contributed by atoms with Crippen LogP contribution in [0.5, 0.6) is 0 Å². The van der Waals surface area contributed by atoms with Crippen molar-refractivity contribution in [2.45, 2.75) is 13.8 Å². The quantitative estimate of drug-likeness (QED) is 0.491. The SMILES string of the molecule is Cc1ccc(C=C(C#N)c2nc(-c3ccc(Br)cc3)cs2)c(C)c1. The number of thiazole rings is 1. The second-order valence-corrected chi connectivity index (χ2v) is 7.35. The van der Waals surface area contributed by atoms with E-state index in [9.17, 15) is 5.26 Å². The van der Waals surface area contributed by atoms with Crippen LogP contribution in [0.1, 0.15) is 21.7 Å². The maximum absolute atomic E-state index is 9.54. The molecule has 3 aromatic rings. The van der Waals surface area contributed by atoms with Gasteiger partial charge in [-0.3, -0.25) is 0 Å². The Kier molecular flexibility index (Phi) is 4.94. The summed E-state index contributed by atoms with van der Waals surface area (Å²) in [6, 6.07) is 16.5. The smallest absolute Gasteiger partial charge is 0.134 e. The average Bonchev–Trinajstić information content (AvgIpc) is 3.05. The Morgan fingerprint density at radius 1 is 1.17 bits per heavy atom. The van der Waals surface area contributed by atoms with Gasteiger partial charge >= 0.3 is 0 Å². The van der Waals surface area contributed by atoms with Gasteiger partial charge in [-0.25, -0.2) is 4.98 Å². The molecule has 0 saturated carbocycles. The minimum absolute atomic E-state index is 0.593. The first-order chi connectivity index (χ1) is 11.6. The number of aryl methyl sites for hydroxylation is 2. The topological polar surface area (TPSA) is 36.7 Å². The number of halogens is 1. The molecule has 2 nitrogen and oxygen atoms in total. The molecule has 0 radical (unpaired) electrons. The van der Waals surface area contributed by atoms with E-state index in [-0.39, 0.29) is 0 Å². The van der Waals surface area contributed by atoms with Gasteiger partial charge in [-0.2, -0.15) is 5.26 Å². The standard InChI is InChI=1S/C20H15BrN2S/c1-13-3-4-16(14(2)9-13)10-17(11-22)20-23-19(12-24-20)15-5-7-18(21)8-6-15/h3-10,12H,1-2H3. The van der Waals surface area contributed by atoms with Gasteiger partial charge in [0.05, 0.1) is 11.3 Å². The van der Waals surface area contributed by atoms with Crippen LogP contribution in [0.15, 0.2) is 52.3 Å². The van der Waals surface area contributed by atoms with Gasteiger partial charge in [-0.1, -0.05) is 51.8 Å². The van der Waals surface area contributed by atoms with Gasteiger partial charge in [-0.15, -0.1) is 11.3 Å². The van der Waals surface area contributed by atoms with Crippen LogP contribution in [0.3, 0.4) is 0 Å². The van der Waals surface area contributed by atoms with Gasteiger partial charge in [0.15, 0.2) is 0 Å². The van der Waals surface area contributed by atoms with Crippen LogP contribution < -0.4 is 0 Å². The second-order valence-electron chi connectivity index (χ2n) is 5.57. The van der Waals surface area contributed by atoms with Crippen LogP contribution in [0.25, 0.3) is 22.9 Å². The summed E-state index contributed by atoms with van der Waals surface area (Å²) in [7, 11) is 0. The molecule has 3 rings (SSSR count). The van der Waals surface area contributed by atoms with Crippen molar-refractivity contribution in [3.05, 3.63) is 74.0 Å². The summed E-state index contributed by atoms with van der Waals surface area (Å²) in [5.41, 5.74) is 5.96. The fourth-order valence-electron chi connectivity index (χ4n) is 2.44. The zero-order valence-electron chi connectivity index (χ0n) is 13.4. The molecule has 24 heavy (non-hydrogen) atoms. The lowest BCUT2D eigenvalue weighted by Crippen LogP contribution is -1.86. The highest BCUT2D eigenvalue weighted by Gasteiger charge is 2.10. The maximum Gasteiger partial charge on any atom is 0.134 e. The maximum atomic E-state index is 9.54. The monoisotopic (exact) mass is 394 g/mol. The first-order valence-corrected chi connectivity index (χ1v) is 9.15. The number of hydrogen-bond acceptors (Lipinski definition) is 3. The van der Waals surface area contributed by atoms with Crippen molar-refractivity contribution < 1.29 is 0 Å². The minimum Gasteiger partial charge on any atom is -0.235 e. The molecule has 2 aromatic carbocycles. The van der Waals surface area contributed by atoms with Crippen molar-refractivity contribution in [2.24, 2.45) is 0 Å². The normalized spacial score (nSPS) is 11.3. The van der Waals surface area contributed by atoms with E-state index in [0.29, 0.717) is 5.57 Å². The van der Waals surface area contributed by atoms with Crippen molar-refractivity contribution in [3.8, 4) is 17.3 Å². The molecule has 4 heteroatoms. The highest BCUT2D eigenvalue weighted by atomic mass is 79.9. The lowest BCUT2D eigenvalue weighted by atomic mass is 10.0. The summed E-state index contributed by atoms with van der Waals surface area (Å²) in [5.74, 6) is 0. The summed E-state index contributed by atoms with van der Waals surface area (Å²) in [5, 5.41) is 12.3. The zero-order valence-corrected chi connectivity index (χ0v) is 15.8. The lowest BCUT2D eigenvalue weighted by Gasteiger charge is -2.02. The third-order valence-electron chi connectivity index (χ3n) is 3.72. The molecule has 1 heterocycles. The molecule has 0 amide bonds. The summed E-state index contributed by atoms with van der Waals surface area (Å²) >= 11 is 4.93. The molecule has 0 fully saturated rings. The Bertz CT molecular complexity index is 947. The molecule has 0 aliphatic heterocycles. The fraction of sp³-hybridized carbons (Fsp3) is 0.100. The second kappa shape index (κ2) is 7.12. The van der Waals surface area contributed by atoms with Gasteiger partial charge in [0, 0.05) is 15.4 Å². The summed E-state index contributed by atoms with van der Waals surface area (Å²) in [6.07, 6.45) is 1.92. The Hall–Kier alpha value is -2.22. The van der Waals surface area contributed by atoms with Gasteiger partial charge < -0.3 is 0 Å². The molecule has 118 valence electrons. The molecule has 0 N–H and O–H groups in total. The van der Waals surface area contributed by atoms with Crippen molar-refractivity contribution >= 4 is 38.9 Å². The van der Waals surface area contributed by atoms with Crippen LogP contribution in [-0.2, 0) is 0 Å². The van der Waals surface area contributed by atoms with Crippen LogP contribution in [0.4, 0.5) is 0 Å². The fourth-order valence-corrected chi connectivity index (χ4v) is 3.49. The molecule has 0 aliphatic carbocycles. The van der Waals surface area contributed by atoms with Gasteiger partial charge in [0.1, 0.15) is 11.1 Å². The molecular weight excluding hydrogens is 380 g/mol. The van der Waals surface area contributed by atoms with Crippen molar-refractivity contribution in [2.75, 3.05) is 0 Å². The van der Waals surface area contributed by atoms with E-state index < -0.39 is 0 Å². The predicted molar refractivity (Wildman–Crippen MR) is 105 cm³/mol. The number of benzene rings is 2. The van der Waals surface area contributed by atoms with E-state index >= 15 is 0 Å². The number of nitrogens with zero attached hydrogens (tertiary/aromatic N) is 2. The molecule has 0 bridgehead atoms. The van der Waals surface area contributed by atoms with Crippen LogP contribution in [-0.4, -0.2) is 4.98 Å². The molecular formula is C20H15BrN2S. The van der Waals surface area contributed by atoms with E-state index in [4.69, 9.17) is 0 Å². The number of hydrogen-bond donors (Lipinski definition) is 0. The Morgan fingerprint density at radius 3 is 2.58 bits per heavy atom. The highest BCUT2D eigenvalue weighted by Crippen LogP contribution is 2.28. The van der Waals surface area contributed by atoms with Crippen molar-refractivity contribution in [1.82, 2.24) is 4.98 Å².